The minimum Gasteiger partial charge on any atom is -0.396 e. The SMILES string of the molecule is CC(C)=Cc1cccc(N)c1F. The predicted molar refractivity (Wildman–Crippen MR) is 50.1 cm³/mol. The molecule has 0 bridgehead atoms. The third-order valence-corrected chi connectivity index (χ3v) is 1.50. The zero-order valence-corrected chi connectivity index (χ0v) is 7.26. The summed E-state index contributed by atoms with van der Waals surface area (Å²) in [5.74, 6) is -0.335. The monoisotopic (exact) mass is 165 g/mol. The molecule has 0 unspecified atom stereocenters. The first-order valence-electron chi connectivity index (χ1n) is 3.80. The summed E-state index contributed by atoms with van der Waals surface area (Å²) in [6.45, 7) is 3.84. The van der Waals surface area contributed by atoms with E-state index >= 15 is 0 Å². The van der Waals surface area contributed by atoms with E-state index in [1.165, 1.54) is 0 Å². The van der Waals surface area contributed by atoms with Crippen molar-refractivity contribution in [2.75, 3.05) is 5.73 Å². The van der Waals surface area contributed by atoms with Crippen molar-refractivity contribution in [3.05, 3.63) is 35.2 Å². The maximum atomic E-state index is 13.2. The minimum absolute atomic E-state index is 0.199. The molecule has 0 aliphatic carbocycles. The molecule has 0 aliphatic heterocycles. The van der Waals surface area contributed by atoms with Gasteiger partial charge in [0.1, 0.15) is 0 Å². The Labute approximate surface area is 71.7 Å². The second kappa shape index (κ2) is 3.39. The molecule has 1 rings (SSSR count). The van der Waals surface area contributed by atoms with E-state index in [1.54, 1.807) is 24.3 Å². The average molecular weight is 165 g/mol. The average Bonchev–Trinajstić information content (AvgIpc) is 1.98. The van der Waals surface area contributed by atoms with E-state index in [0.717, 1.165) is 5.57 Å². The van der Waals surface area contributed by atoms with E-state index in [2.05, 4.69) is 0 Å². The molecule has 1 aromatic rings. The quantitative estimate of drug-likeness (QED) is 0.636. The van der Waals surface area contributed by atoms with Crippen molar-refractivity contribution >= 4 is 11.8 Å². The zero-order chi connectivity index (χ0) is 9.14. The van der Waals surface area contributed by atoms with Crippen LogP contribution in [0.1, 0.15) is 19.4 Å². The maximum absolute atomic E-state index is 13.2. The molecule has 0 aromatic heterocycles. The van der Waals surface area contributed by atoms with Gasteiger partial charge in [-0.15, -0.1) is 0 Å². The molecule has 1 nitrogen and oxygen atoms in total. The number of benzene rings is 1. The summed E-state index contributed by atoms with van der Waals surface area (Å²) in [6.07, 6.45) is 1.77. The molecule has 2 heteroatoms. The second-order valence-electron chi connectivity index (χ2n) is 2.97. The fourth-order valence-corrected chi connectivity index (χ4v) is 0.991. The molecular formula is C10H12FN. The number of anilines is 1. The van der Waals surface area contributed by atoms with Gasteiger partial charge in [-0.2, -0.15) is 0 Å². The number of rotatable bonds is 1. The van der Waals surface area contributed by atoms with E-state index in [-0.39, 0.29) is 11.5 Å². The van der Waals surface area contributed by atoms with Gasteiger partial charge in [-0.1, -0.05) is 23.8 Å². The molecule has 0 atom stereocenters. The van der Waals surface area contributed by atoms with Gasteiger partial charge in [0.15, 0.2) is 5.82 Å². The van der Waals surface area contributed by atoms with Gasteiger partial charge in [0.2, 0.25) is 0 Å². The molecule has 0 saturated heterocycles. The van der Waals surface area contributed by atoms with Crippen LogP contribution in [0.5, 0.6) is 0 Å². The van der Waals surface area contributed by atoms with E-state index < -0.39 is 0 Å². The van der Waals surface area contributed by atoms with E-state index in [9.17, 15) is 4.39 Å². The fraction of sp³-hybridized carbons (Fsp3) is 0.200. The first-order chi connectivity index (χ1) is 5.61. The summed E-state index contributed by atoms with van der Waals surface area (Å²) in [6, 6.07) is 5.00. The lowest BCUT2D eigenvalue weighted by atomic mass is 10.1. The first-order valence-corrected chi connectivity index (χ1v) is 3.80. The Morgan fingerprint density at radius 2 is 2.08 bits per heavy atom. The summed E-state index contributed by atoms with van der Waals surface area (Å²) in [7, 11) is 0. The Morgan fingerprint density at radius 3 is 2.67 bits per heavy atom. The molecule has 0 saturated carbocycles. The zero-order valence-electron chi connectivity index (χ0n) is 7.26. The Bertz CT molecular complexity index is 312. The highest BCUT2D eigenvalue weighted by molar-refractivity contribution is 5.58. The number of halogens is 1. The van der Waals surface area contributed by atoms with Crippen molar-refractivity contribution in [3.8, 4) is 0 Å². The van der Waals surface area contributed by atoms with Crippen LogP contribution < -0.4 is 5.73 Å². The van der Waals surface area contributed by atoms with Gasteiger partial charge in [-0.25, -0.2) is 4.39 Å². The highest BCUT2D eigenvalue weighted by atomic mass is 19.1. The topological polar surface area (TPSA) is 26.0 Å². The molecule has 1 aromatic carbocycles. The fourth-order valence-electron chi connectivity index (χ4n) is 0.991. The maximum Gasteiger partial charge on any atom is 0.153 e. The highest BCUT2D eigenvalue weighted by Gasteiger charge is 2.01. The molecule has 2 N–H and O–H groups in total. The number of hydrogen-bond donors (Lipinski definition) is 1. The van der Waals surface area contributed by atoms with Crippen LogP contribution in [-0.2, 0) is 0 Å². The summed E-state index contributed by atoms with van der Waals surface area (Å²) < 4.78 is 13.2. The van der Waals surface area contributed by atoms with Crippen molar-refractivity contribution in [3.63, 3.8) is 0 Å². The molecule has 0 fully saturated rings. The number of hydrogen-bond acceptors (Lipinski definition) is 1. The summed E-state index contributed by atoms with van der Waals surface area (Å²) in [5, 5.41) is 0. The normalized spacial score (nSPS) is 9.58. The second-order valence-corrected chi connectivity index (χ2v) is 2.97. The Hall–Kier alpha value is -1.31. The standard InChI is InChI=1S/C10H12FN/c1-7(2)6-8-4-3-5-9(12)10(8)11/h3-6H,12H2,1-2H3. The largest absolute Gasteiger partial charge is 0.396 e. The molecule has 64 valence electrons. The Balaban J connectivity index is 3.17. The van der Waals surface area contributed by atoms with Gasteiger partial charge in [0.05, 0.1) is 5.69 Å². The van der Waals surface area contributed by atoms with E-state index in [1.807, 2.05) is 13.8 Å². The number of allylic oxidation sites excluding steroid dienone is 1. The van der Waals surface area contributed by atoms with Crippen LogP contribution in [0.4, 0.5) is 10.1 Å². The van der Waals surface area contributed by atoms with E-state index in [0.29, 0.717) is 5.56 Å². The van der Waals surface area contributed by atoms with E-state index in [4.69, 9.17) is 5.73 Å². The van der Waals surface area contributed by atoms with Crippen molar-refractivity contribution < 1.29 is 4.39 Å². The lowest BCUT2D eigenvalue weighted by Gasteiger charge is -2.00. The van der Waals surface area contributed by atoms with Crippen LogP contribution >= 0.6 is 0 Å². The number of nitrogen functional groups attached to an aromatic ring is 1. The van der Waals surface area contributed by atoms with Crippen molar-refractivity contribution in [2.45, 2.75) is 13.8 Å². The van der Waals surface area contributed by atoms with Gasteiger partial charge in [0, 0.05) is 5.56 Å². The number of nitrogens with two attached hydrogens (primary N) is 1. The van der Waals surface area contributed by atoms with Gasteiger partial charge in [-0.3, -0.25) is 0 Å². The van der Waals surface area contributed by atoms with Crippen LogP contribution in [0.15, 0.2) is 23.8 Å². The molecule has 0 aliphatic rings. The van der Waals surface area contributed by atoms with Crippen LogP contribution in [0, 0.1) is 5.82 Å². The van der Waals surface area contributed by atoms with Gasteiger partial charge >= 0.3 is 0 Å². The molecule has 0 amide bonds. The van der Waals surface area contributed by atoms with Crippen molar-refractivity contribution in [2.24, 2.45) is 0 Å². The smallest absolute Gasteiger partial charge is 0.153 e. The van der Waals surface area contributed by atoms with Crippen LogP contribution in [0.25, 0.3) is 6.08 Å². The molecule has 0 radical (unpaired) electrons. The Kier molecular flexibility index (Phi) is 2.48. The lowest BCUT2D eigenvalue weighted by Crippen LogP contribution is -1.92. The predicted octanol–water partition coefficient (Wildman–Crippen LogP) is 2.83. The van der Waals surface area contributed by atoms with Crippen LogP contribution in [0.2, 0.25) is 0 Å². The summed E-state index contributed by atoms with van der Waals surface area (Å²) >= 11 is 0. The van der Waals surface area contributed by atoms with Gasteiger partial charge < -0.3 is 5.73 Å². The third kappa shape index (κ3) is 1.84. The van der Waals surface area contributed by atoms with Crippen LogP contribution in [-0.4, -0.2) is 0 Å². The molecule has 12 heavy (non-hydrogen) atoms. The van der Waals surface area contributed by atoms with Crippen molar-refractivity contribution in [1.82, 2.24) is 0 Å². The molecule has 0 heterocycles. The van der Waals surface area contributed by atoms with Gasteiger partial charge in [0.25, 0.3) is 0 Å². The minimum atomic E-state index is -0.335. The van der Waals surface area contributed by atoms with Crippen molar-refractivity contribution in [1.29, 1.82) is 0 Å². The third-order valence-electron chi connectivity index (χ3n) is 1.50. The van der Waals surface area contributed by atoms with Crippen LogP contribution in [0.3, 0.4) is 0 Å². The van der Waals surface area contributed by atoms with Gasteiger partial charge in [-0.05, 0) is 19.9 Å². The molecular weight excluding hydrogens is 153 g/mol. The Morgan fingerprint density at radius 1 is 1.42 bits per heavy atom. The lowest BCUT2D eigenvalue weighted by molar-refractivity contribution is 0.629. The molecule has 0 spiro atoms. The summed E-state index contributed by atoms with van der Waals surface area (Å²) in [5.41, 5.74) is 7.20. The highest BCUT2D eigenvalue weighted by Crippen LogP contribution is 2.16. The first kappa shape index (κ1) is 8.78. The summed E-state index contributed by atoms with van der Waals surface area (Å²) in [4.78, 5) is 0.